The number of H-pyrrole nitrogens is 1. The molecule has 2 rings (SSSR count). The van der Waals surface area contributed by atoms with Crippen molar-refractivity contribution >= 4 is 0 Å². The summed E-state index contributed by atoms with van der Waals surface area (Å²) in [5.74, 6) is 1.26. The topological polar surface area (TPSA) is 32.9 Å². The third-order valence-electron chi connectivity index (χ3n) is 4.76. The minimum absolute atomic E-state index is 0.230. The van der Waals surface area contributed by atoms with E-state index in [1.807, 2.05) is 13.8 Å². The van der Waals surface area contributed by atoms with Gasteiger partial charge in [-0.3, -0.25) is 4.79 Å². The summed E-state index contributed by atoms with van der Waals surface area (Å²) in [6.45, 7) is 11.0. The lowest BCUT2D eigenvalue weighted by Crippen LogP contribution is -2.27. The first-order chi connectivity index (χ1) is 8.79. The standard InChI is InChI=1S/C17H27NO/c1-11-10-15(19)16(12(2)18-11)13-6-8-14(9-7-13)17(3,4)5/h10,13-14H,6-9H2,1-5H3,(H,18,19)/t13-,14-. The van der Waals surface area contributed by atoms with Crippen LogP contribution < -0.4 is 5.43 Å². The molecule has 0 bridgehead atoms. The van der Waals surface area contributed by atoms with Crippen LogP contribution >= 0.6 is 0 Å². The highest BCUT2D eigenvalue weighted by atomic mass is 16.1. The maximum Gasteiger partial charge on any atom is 0.185 e. The number of aryl methyl sites for hydroxylation is 2. The summed E-state index contributed by atoms with van der Waals surface area (Å²) < 4.78 is 0. The molecule has 1 aromatic heterocycles. The van der Waals surface area contributed by atoms with Gasteiger partial charge >= 0.3 is 0 Å². The monoisotopic (exact) mass is 261 g/mol. The Bertz CT molecular complexity index is 499. The molecule has 0 unspecified atom stereocenters. The van der Waals surface area contributed by atoms with Crippen LogP contribution in [0.5, 0.6) is 0 Å². The van der Waals surface area contributed by atoms with Crippen molar-refractivity contribution in [3.63, 3.8) is 0 Å². The molecule has 1 aliphatic carbocycles. The van der Waals surface area contributed by atoms with E-state index in [-0.39, 0.29) is 5.43 Å². The minimum Gasteiger partial charge on any atom is -0.362 e. The zero-order valence-corrected chi connectivity index (χ0v) is 13.0. The molecule has 0 amide bonds. The molecule has 0 atom stereocenters. The van der Waals surface area contributed by atoms with Crippen LogP contribution in [0, 0.1) is 25.2 Å². The third kappa shape index (κ3) is 3.10. The Morgan fingerprint density at radius 1 is 1.11 bits per heavy atom. The van der Waals surface area contributed by atoms with Crippen molar-refractivity contribution in [1.82, 2.24) is 4.98 Å². The molecule has 106 valence electrons. The minimum atomic E-state index is 0.230. The molecule has 1 N–H and O–H groups in total. The molecule has 0 spiro atoms. The zero-order chi connectivity index (χ0) is 14.2. The van der Waals surface area contributed by atoms with Gasteiger partial charge < -0.3 is 4.98 Å². The van der Waals surface area contributed by atoms with Crippen molar-refractivity contribution in [2.45, 2.75) is 66.2 Å². The van der Waals surface area contributed by atoms with Gasteiger partial charge in [0.05, 0.1) is 0 Å². The van der Waals surface area contributed by atoms with Crippen LogP contribution in [0.4, 0.5) is 0 Å². The second-order valence-electron chi connectivity index (χ2n) is 7.27. The van der Waals surface area contributed by atoms with Gasteiger partial charge in [-0.1, -0.05) is 20.8 Å². The van der Waals surface area contributed by atoms with E-state index in [1.54, 1.807) is 6.07 Å². The van der Waals surface area contributed by atoms with Crippen LogP contribution in [0.1, 0.15) is 69.3 Å². The van der Waals surface area contributed by atoms with Crippen molar-refractivity contribution in [3.05, 3.63) is 33.2 Å². The number of aromatic nitrogens is 1. The van der Waals surface area contributed by atoms with E-state index in [9.17, 15) is 4.79 Å². The van der Waals surface area contributed by atoms with Crippen LogP contribution in [0.15, 0.2) is 10.9 Å². The first kappa shape index (κ1) is 14.4. The molecule has 1 saturated carbocycles. The van der Waals surface area contributed by atoms with Crippen LogP contribution in [-0.2, 0) is 0 Å². The summed E-state index contributed by atoms with van der Waals surface area (Å²) >= 11 is 0. The maximum atomic E-state index is 12.2. The molecule has 0 aromatic carbocycles. The van der Waals surface area contributed by atoms with Crippen molar-refractivity contribution in [2.24, 2.45) is 11.3 Å². The van der Waals surface area contributed by atoms with E-state index in [0.717, 1.165) is 35.7 Å². The van der Waals surface area contributed by atoms with Gasteiger partial charge in [0.15, 0.2) is 5.43 Å². The highest BCUT2D eigenvalue weighted by molar-refractivity contribution is 5.26. The quantitative estimate of drug-likeness (QED) is 0.802. The van der Waals surface area contributed by atoms with Gasteiger partial charge in [-0.15, -0.1) is 0 Å². The lowest BCUT2D eigenvalue weighted by molar-refractivity contribution is 0.168. The van der Waals surface area contributed by atoms with Crippen LogP contribution in [0.3, 0.4) is 0 Å². The largest absolute Gasteiger partial charge is 0.362 e. The van der Waals surface area contributed by atoms with Crippen LogP contribution in [0.2, 0.25) is 0 Å². The van der Waals surface area contributed by atoms with E-state index < -0.39 is 0 Å². The summed E-state index contributed by atoms with van der Waals surface area (Å²) in [5.41, 5.74) is 3.71. The van der Waals surface area contributed by atoms with Crippen molar-refractivity contribution < 1.29 is 0 Å². The fourth-order valence-corrected chi connectivity index (χ4v) is 3.61. The molecule has 19 heavy (non-hydrogen) atoms. The number of pyridine rings is 1. The highest BCUT2D eigenvalue weighted by Crippen LogP contribution is 2.42. The predicted octanol–water partition coefficient (Wildman–Crippen LogP) is 4.31. The Kier molecular flexibility index (Phi) is 3.89. The Labute approximate surface area is 116 Å². The van der Waals surface area contributed by atoms with Crippen LogP contribution in [-0.4, -0.2) is 4.98 Å². The average Bonchev–Trinajstić information content (AvgIpc) is 2.27. The zero-order valence-electron chi connectivity index (χ0n) is 13.0. The van der Waals surface area contributed by atoms with E-state index in [4.69, 9.17) is 0 Å². The number of nitrogens with one attached hydrogen (secondary N) is 1. The molecule has 0 radical (unpaired) electrons. The van der Waals surface area contributed by atoms with Gasteiger partial charge in [-0.25, -0.2) is 0 Å². The Morgan fingerprint density at radius 2 is 1.68 bits per heavy atom. The SMILES string of the molecule is Cc1cc(=O)c([C@H]2CC[C@H](C(C)(C)C)CC2)c(C)[nH]1. The second kappa shape index (κ2) is 5.15. The smallest absolute Gasteiger partial charge is 0.185 e. The summed E-state index contributed by atoms with van der Waals surface area (Å²) in [6.07, 6.45) is 4.83. The molecule has 2 nitrogen and oxygen atoms in total. The highest BCUT2D eigenvalue weighted by Gasteiger charge is 2.31. The Morgan fingerprint density at radius 3 is 2.16 bits per heavy atom. The lowest BCUT2D eigenvalue weighted by atomic mass is 9.68. The fraction of sp³-hybridized carbons (Fsp3) is 0.706. The van der Waals surface area contributed by atoms with Crippen molar-refractivity contribution in [2.75, 3.05) is 0 Å². The molecule has 1 aliphatic rings. The summed E-state index contributed by atoms with van der Waals surface area (Å²) in [4.78, 5) is 15.5. The van der Waals surface area contributed by atoms with E-state index in [2.05, 4.69) is 25.8 Å². The second-order valence-corrected chi connectivity index (χ2v) is 7.27. The number of hydrogen-bond acceptors (Lipinski definition) is 1. The van der Waals surface area contributed by atoms with E-state index in [0.29, 0.717) is 11.3 Å². The number of rotatable bonds is 1. The third-order valence-corrected chi connectivity index (χ3v) is 4.76. The summed E-state index contributed by atoms with van der Waals surface area (Å²) in [7, 11) is 0. The normalized spacial score (nSPS) is 24.5. The molecule has 1 aromatic rings. The Hall–Kier alpha value is -1.05. The molecule has 0 aliphatic heterocycles. The molecular formula is C17H27NO. The van der Waals surface area contributed by atoms with Crippen molar-refractivity contribution in [1.29, 1.82) is 0 Å². The number of aromatic amines is 1. The van der Waals surface area contributed by atoms with Gasteiger partial charge in [0.2, 0.25) is 0 Å². The first-order valence-corrected chi connectivity index (χ1v) is 7.49. The Balaban J connectivity index is 2.17. The fourth-order valence-electron chi connectivity index (χ4n) is 3.61. The summed E-state index contributed by atoms with van der Waals surface area (Å²) in [5, 5.41) is 0. The lowest BCUT2D eigenvalue weighted by Gasteiger charge is -2.37. The first-order valence-electron chi connectivity index (χ1n) is 7.49. The van der Waals surface area contributed by atoms with E-state index >= 15 is 0 Å². The number of hydrogen-bond donors (Lipinski definition) is 1. The summed E-state index contributed by atoms with van der Waals surface area (Å²) in [6, 6.07) is 1.75. The maximum absolute atomic E-state index is 12.2. The van der Waals surface area contributed by atoms with Gasteiger partial charge in [-0.05, 0) is 56.8 Å². The van der Waals surface area contributed by atoms with E-state index in [1.165, 1.54) is 12.8 Å². The molecule has 1 heterocycles. The van der Waals surface area contributed by atoms with Gasteiger partial charge in [0, 0.05) is 23.0 Å². The molecule has 2 heteroatoms. The molecular weight excluding hydrogens is 234 g/mol. The average molecular weight is 261 g/mol. The van der Waals surface area contributed by atoms with Crippen molar-refractivity contribution in [3.8, 4) is 0 Å². The molecule has 0 saturated heterocycles. The van der Waals surface area contributed by atoms with Crippen LogP contribution in [0.25, 0.3) is 0 Å². The van der Waals surface area contributed by atoms with Gasteiger partial charge in [0.1, 0.15) is 0 Å². The molecule has 1 fully saturated rings. The van der Waals surface area contributed by atoms with Gasteiger partial charge in [0.25, 0.3) is 0 Å². The predicted molar refractivity (Wildman–Crippen MR) is 80.7 cm³/mol. The van der Waals surface area contributed by atoms with Gasteiger partial charge in [-0.2, -0.15) is 0 Å².